The zero-order chi connectivity index (χ0) is 16.9. The summed E-state index contributed by atoms with van der Waals surface area (Å²) < 4.78 is 4.91. The van der Waals surface area contributed by atoms with Gasteiger partial charge in [-0.25, -0.2) is 0 Å². The Labute approximate surface area is 143 Å². The first-order valence-electron chi connectivity index (χ1n) is 8.90. The van der Waals surface area contributed by atoms with E-state index in [1.807, 2.05) is 11.0 Å². The minimum Gasteiger partial charge on any atom is -0.466 e. The number of rotatable bonds is 6. The molecule has 1 aromatic rings. The van der Waals surface area contributed by atoms with Crippen molar-refractivity contribution in [2.75, 3.05) is 19.7 Å². The lowest BCUT2D eigenvalue weighted by Gasteiger charge is -2.41. The van der Waals surface area contributed by atoms with Gasteiger partial charge in [-0.3, -0.25) is 14.5 Å². The van der Waals surface area contributed by atoms with Crippen LogP contribution in [0.3, 0.4) is 0 Å². The monoisotopic (exact) mass is 330 g/mol. The van der Waals surface area contributed by atoms with E-state index < -0.39 is 0 Å². The first-order chi connectivity index (χ1) is 11.7. The Balaban J connectivity index is 1.53. The predicted octanol–water partition coefficient (Wildman–Crippen LogP) is 2.21. The van der Waals surface area contributed by atoms with E-state index in [0.29, 0.717) is 18.7 Å². The standard InChI is InChI=1S/C19H26N2O3/c1-2-24-19(23)11-10-18(22)21-16-8-9-17(21)14-20(13-16)12-15-6-4-3-5-7-15/h3-7,16-17H,2,8-14H2,1H3/t16-,17+. The third-order valence-corrected chi connectivity index (χ3v) is 4.94. The lowest BCUT2D eigenvalue weighted by Crippen LogP contribution is -2.55. The van der Waals surface area contributed by atoms with E-state index in [-0.39, 0.29) is 24.7 Å². The number of fused-ring (bicyclic) bond motifs is 2. The summed E-state index contributed by atoms with van der Waals surface area (Å²) in [5.41, 5.74) is 1.32. The Hall–Kier alpha value is -1.88. The van der Waals surface area contributed by atoms with Gasteiger partial charge in [0.2, 0.25) is 5.91 Å². The summed E-state index contributed by atoms with van der Waals surface area (Å²) in [5, 5.41) is 0. The molecule has 0 saturated carbocycles. The van der Waals surface area contributed by atoms with Crippen molar-refractivity contribution >= 4 is 11.9 Å². The van der Waals surface area contributed by atoms with Crippen molar-refractivity contribution in [1.82, 2.24) is 9.80 Å². The Kier molecular flexibility index (Phi) is 5.51. The molecule has 3 rings (SSSR count). The molecule has 24 heavy (non-hydrogen) atoms. The van der Waals surface area contributed by atoms with Crippen molar-refractivity contribution in [2.24, 2.45) is 0 Å². The van der Waals surface area contributed by atoms with E-state index in [2.05, 4.69) is 29.2 Å². The van der Waals surface area contributed by atoms with Crippen LogP contribution in [0.5, 0.6) is 0 Å². The molecular weight excluding hydrogens is 304 g/mol. The fourth-order valence-electron chi connectivity index (χ4n) is 3.94. The van der Waals surface area contributed by atoms with Gasteiger partial charge >= 0.3 is 5.97 Å². The quantitative estimate of drug-likeness (QED) is 0.751. The maximum atomic E-state index is 12.5. The van der Waals surface area contributed by atoms with E-state index in [1.165, 1.54) is 5.56 Å². The molecule has 2 heterocycles. The molecule has 2 atom stereocenters. The summed E-state index contributed by atoms with van der Waals surface area (Å²) in [7, 11) is 0. The van der Waals surface area contributed by atoms with Gasteiger partial charge < -0.3 is 9.64 Å². The summed E-state index contributed by atoms with van der Waals surface area (Å²) in [6, 6.07) is 11.1. The molecule has 2 fully saturated rings. The van der Waals surface area contributed by atoms with Crippen LogP contribution in [-0.2, 0) is 20.9 Å². The Morgan fingerprint density at radius 2 is 1.75 bits per heavy atom. The maximum absolute atomic E-state index is 12.5. The molecule has 0 unspecified atom stereocenters. The Morgan fingerprint density at radius 3 is 2.38 bits per heavy atom. The first-order valence-corrected chi connectivity index (χ1v) is 8.90. The third kappa shape index (κ3) is 3.96. The largest absolute Gasteiger partial charge is 0.466 e. The number of carbonyl (C=O) groups excluding carboxylic acids is 2. The van der Waals surface area contributed by atoms with Crippen LogP contribution in [-0.4, -0.2) is 53.5 Å². The number of amides is 1. The SMILES string of the molecule is CCOC(=O)CCC(=O)N1[C@@H]2CC[C@H]1CN(Cc1ccccc1)C2. The Bertz CT molecular complexity index is 561. The molecule has 5 nitrogen and oxygen atoms in total. The molecule has 5 heteroatoms. The lowest BCUT2D eigenvalue weighted by atomic mass is 10.1. The number of hydrogen-bond acceptors (Lipinski definition) is 4. The molecular formula is C19H26N2O3. The highest BCUT2D eigenvalue weighted by molar-refractivity contribution is 5.82. The number of hydrogen-bond donors (Lipinski definition) is 0. The van der Waals surface area contributed by atoms with Gasteiger partial charge in [-0.1, -0.05) is 30.3 Å². The zero-order valence-corrected chi connectivity index (χ0v) is 14.3. The molecule has 2 saturated heterocycles. The molecule has 0 spiro atoms. The van der Waals surface area contributed by atoms with Crippen LogP contribution in [0.25, 0.3) is 0 Å². The summed E-state index contributed by atoms with van der Waals surface area (Å²) in [6.07, 6.45) is 2.60. The minimum atomic E-state index is -0.277. The number of ether oxygens (including phenoxy) is 1. The van der Waals surface area contributed by atoms with Gasteiger partial charge in [0.05, 0.1) is 13.0 Å². The van der Waals surface area contributed by atoms with Gasteiger partial charge in [-0.2, -0.15) is 0 Å². The zero-order valence-electron chi connectivity index (χ0n) is 14.3. The highest BCUT2D eigenvalue weighted by Gasteiger charge is 2.42. The molecule has 0 aromatic heterocycles. The van der Waals surface area contributed by atoms with Crippen molar-refractivity contribution in [1.29, 1.82) is 0 Å². The Morgan fingerprint density at radius 1 is 1.08 bits per heavy atom. The lowest BCUT2D eigenvalue weighted by molar-refractivity contribution is -0.147. The molecule has 130 valence electrons. The number of likely N-dealkylation sites (tertiary alicyclic amines) is 1. The fourth-order valence-corrected chi connectivity index (χ4v) is 3.94. The number of piperazine rings is 1. The second-order valence-electron chi connectivity index (χ2n) is 6.67. The number of esters is 1. The molecule has 2 aliphatic rings. The predicted molar refractivity (Wildman–Crippen MR) is 91.2 cm³/mol. The average Bonchev–Trinajstić information content (AvgIpc) is 2.85. The van der Waals surface area contributed by atoms with Crippen LogP contribution in [0.4, 0.5) is 0 Å². The third-order valence-electron chi connectivity index (χ3n) is 4.94. The van der Waals surface area contributed by atoms with Crippen LogP contribution >= 0.6 is 0 Å². The second kappa shape index (κ2) is 7.79. The number of nitrogens with zero attached hydrogens (tertiary/aromatic N) is 2. The van der Waals surface area contributed by atoms with Gasteiger partial charge in [0, 0.05) is 38.1 Å². The van der Waals surface area contributed by atoms with E-state index in [1.54, 1.807) is 6.92 Å². The number of benzene rings is 1. The van der Waals surface area contributed by atoms with E-state index in [0.717, 1.165) is 32.5 Å². The van der Waals surface area contributed by atoms with E-state index >= 15 is 0 Å². The second-order valence-corrected chi connectivity index (χ2v) is 6.67. The van der Waals surface area contributed by atoms with Crippen LogP contribution in [0, 0.1) is 0 Å². The van der Waals surface area contributed by atoms with Gasteiger partial charge in [-0.15, -0.1) is 0 Å². The van der Waals surface area contributed by atoms with Crippen molar-refractivity contribution in [2.45, 2.75) is 51.2 Å². The molecule has 0 radical (unpaired) electrons. The minimum absolute atomic E-state index is 0.106. The topological polar surface area (TPSA) is 49.9 Å². The molecule has 2 bridgehead atoms. The van der Waals surface area contributed by atoms with Gasteiger partial charge in [0.1, 0.15) is 0 Å². The smallest absolute Gasteiger partial charge is 0.306 e. The van der Waals surface area contributed by atoms with E-state index in [9.17, 15) is 9.59 Å². The molecule has 1 aromatic carbocycles. The van der Waals surface area contributed by atoms with Gasteiger partial charge in [-0.05, 0) is 25.3 Å². The fraction of sp³-hybridized carbons (Fsp3) is 0.579. The summed E-state index contributed by atoms with van der Waals surface area (Å²) >= 11 is 0. The van der Waals surface area contributed by atoms with Crippen LogP contribution in [0.15, 0.2) is 30.3 Å². The molecule has 2 aliphatic heterocycles. The van der Waals surface area contributed by atoms with Crippen LogP contribution in [0.1, 0.15) is 38.2 Å². The van der Waals surface area contributed by atoms with Crippen molar-refractivity contribution in [3.63, 3.8) is 0 Å². The summed E-state index contributed by atoms with van der Waals surface area (Å²) in [4.78, 5) is 28.5. The maximum Gasteiger partial charge on any atom is 0.306 e. The summed E-state index contributed by atoms with van der Waals surface area (Å²) in [6.45, 7) is 4.95. The van der Waals surface area contributed by atoms with Crippen molar-refractivity contribution < 1.29 is 14.3 Å². The highest BCUT2D eigenvalue weighted by Crippen LogP contribution is 2.31. The molecule has 1 amide bonds. The van der Waals surface area contributed by atoms with Crippen LogP contribution in [0.2, 0.25) is 0 Å². The van der Waals surface area contributed by atoms with Crippen molar-refractivity contribution in [3.8, 4) is 0 Å². The summed E-state index contributed by atoms with van der Waals surface area (Å²) in [5.74, 6) is -0.171. The highest BCUT2D eigenvalue weighted by atomic mass is 16.5. The van der Waals surface area contributed by atoms with Gasteiger partial charge in [0.15, 0.2) is 0 Å². The van der Waals surface area contributed by atoms with Gasteiger partial charge in [0.25, 0.3) is 0 Å². The molecule has 0 aliphatic carbocycles. The van der Waals surface area contributed by atoms with E-state index in [4.69, 9.17) is 4.74 Å². The number of carbonyl (C=O) groups is 2. The normalized spacial score (nSPS) is 23.3. The molecule has 0 N–H and O–H groups in total. The van der Waals surface area contributed by atoms with Crippen molar-refractivity contribution in [3.05, 3.63) is 35.9 Å². The first kappa shape index (κ1) is 17.0. The van der Waals surface area contributed by atoms with Crippen LogP contribution < -0.4 is 0 Å². The average molecular weight is 330 g/mol.